The number of hydrogen-bond donors (Lipinski definition) is 2. The highest BCUT2D eigenvalue weighted by atomic mass is 35.5. The fourth-order valence-corrected chi connectivity index (χ4v) is 4.48. The highest BCUT2D eigenvalue weighted by molar-refractivity contribution is 6.48. The molecule has 1 atom stereocenters. The quantitative estimate of drug-likeness (QED) is 0.567. The van der Waals surface area contributed by atoms with Crippen LogP contribution in [0.25, 0.3) is 10.9 Å². The Morgan fingerprint density at radius 3 is 2.62 bits per heavy atom. The second kappa shape index (κ2) is 6.46. The molecule has 3 aromatic rings. The van der Waals surface area contributed by atoms with Crippen molar-refractivity contribution in [2.45, 2.75) is 18.4 Å². The van der Waals surface area contributed by atoms with Crippen molar-refractivity contribution in [2.24, 2.45) is 0 Å². The lowest BCUT2D eigenvalue weighted by Gasteiger charge is -2.37. The molecule has 0 aliphatic carbocycles. The van der Waals surface area contributed by atoms with Crippen LogP contribution in [0.4, 0.5) is 0 Å². The molecule has 0 spiro atoms. The Labute approximate surface area is 164 Å². The number of nitrogens with one attached hydrogen (secondary N) is 1. The van der Waals surface area contributed by atoms with Gasteiger partial charge in [-0.1, -0.05) is 65.1 Å². The summed E-state index contributed by atoms with van der Waals surface area (Å²) < 4.78 is 6.10. The number of aromatic nitrogens is 1. The smallest absolute Gasteiger partial charge is 0.307 e. The molecule has 2 heterocycles. The normalized spacial score (nSPS) is 19.5. The number of H-pyrrole nitrogens is 1. The summed E-state index contributed by atoms with van der Waals surface area (Å²) in [6, 6.07) is 10.9. The molecule has 0 radical (unpaired) electrons. The van der Waals surface area contributed by atoms with Gasteiger partial charge in [-0.15, -0.1) is 0 Å². The summed E-state index contributed by atoms with van der Waals surface area (Å²) in [5, 5.41) is 11.5. The van der Waals surface area contributed by atoms with E-state index in [1.54, 1.807) is 6.07 Å². The Hall–Kier alpha value is -1.72. The summed E-state index contributed by atoms with van der Waals surface area (Å²) in [6.07, 6.45) is 0.361. The third kappa shape index (κ3) is 2.60. The number of carboxylic acid groups (broad SMARTS) is 1. The van der Waals surface area contributed by atoms with E-state index in [2.05, 4.69) is 4.98 Å². The lowest BCUT2D eigenvalue weighted by molar-refractivity contribution is -0.144. The van der Waals surface area contributed by atoms with Crippen molar-refractivity contribution in [1.82, 2.24) is 4.98 Å². The van der Waals surface area contributed by atoms with Gasteiger partial charge in [-0.25, -0.2) is 0 Å². The SMILES string of the molecule is O=C(O)CC1(c2ccccc2)OCCc2c1[nH]c1c(Cl)cc(Cl)c(Cl)c21. The zero-order valence-electron chi connectivity index (χ0n) is 13.5. The van der Waals surface area contributed by atoms with Crippen LogP contribution in [0.1, 0.15) is 23.2 Å². The molecule has 2 N–H and O–H groups in total. The topological polar surface area (TPSA) is 62.3 Å². The fourth-order valence-electron chi connectivity index (χ4n) is 3.71. The highest BCUT2D eigenvalue weighted by Gasteiger charge is 2.44. The summed E-state index contributed by atoms with van der Waals surface area (Å²) in [5.41, 5.74) is 1.82. The minimum atomic E-state index is -1.14. The molecule has 7 heteroatoms. The van der Waals surface area contributed by atoms with Gasteiger partial charge in [0.15, 0.2) is 0 Å². The number of ether oxygens (including phenoxy) is 1. The van der Waals surface area contributed by atoms with Crippen molar-refractivity contribution in [3.05, 3.63) is 68.3 Å². The van der Waals surface area contributed by atoms with E-state index in [-0.39, 0.29) is 6.42 Å². The molecular weight excluding hydrogens is 397 g/mol. The van der Waals surface area contributed by atoms with E-state index < -0.39 is 11.6 Å². The maximum Gasteiger partial charge on any atom is 0.307 e. The predicted octanol–water partition coefficient (Wildman–Crippen LogP) is 5.42. The van der Waals surface area contributed by atoms with E-state index >= 15 is 0 Å². The number of rotatable bonds is 3. The van der Waals surface area contributed by atoms with E-state index in [4.69, 9.17) is 39.5 Å². The van der Waals surface area contributed by atoms with Crippen molar-refractivity contribution in [2.75, 3.05) is 6.61 Å². The van der Waals surface area contributed by atoms with Crippen LogP contribution in [0, 0.1) is 0 Å². The zero-order valence-corrected chi connectivity index (χ0v) is 15.8. The number of fused-ring (bicyclic) bond motifs is 3. The van der Waals surface area contributed by atoms with Crippen LogP contribution in [0.5, 0.6) is 0 Å². The van der Waals surface area contributed by atoms with Gasteiger partial charge >= 0.3 is 5.97 Å². The minimum Gasteiger partial charge on any atom is -0.481 e. The zero-order chi connectivity index (χ0) is 18.5. The lowest BCUT2D eigenvalue weighted by Crippen LogP contribution is -2.39. The van der Waals surface area contributed by atoms with E-state index in [1.807, 2.05) is 30.3 Å². The standard InChI is InChI=1S/C19H14Cl3NO3/c20-12-8-13(21)17-15(16(12)22)11-6-7-26-19(9-14(24)25,18(11)23-17)10-4-2-1-3-5-10/h1-5,8,23H,6-7,9H2,(H,24,25). The summed E-state index contributed by atoms with van der Waals surface area (Å²) in [4.78, 5) is 15.0. The number of halogens is 3. The number of benzene rings is 2. The first-order chi connectivity index (χ1) is 12.4. The van der Waals surface area contributed by atoms with Gasteiger partial charge < -0.3 is 14.8 Å². The minimum absolute atomic E-state index is 0.222. The van der Waals surface area contributed by atoms with Crippen molar-refractivity contribution in [3.63, 3.8) is 0 Å². The van der Waals surface area contributed by atoms with Gasteiger partial charge in [-0.05, 0) is 23.6 Å². The lowest BCUT2D eigenvalue weighted by atomic mass is 9.82. The molecule has 2 aromatic carbocycles. The van der Waals surface area contributed by atoms with Gasteiger partial charge in [-0.3, -0.25) is 4.79 Å². The first-order valence-electron chi connectivity index (χ1n) is 8.04. The van der Waals surface area contributed by atoms with E-state index in [9.17, 15) is 9.90 Å². The van der Waals surface area contributed by atoms with Gasteiger partial charge in [0.1, 0.15) is 5.60 Å². The molecule has 0 amide bonds. The molecular formula is C19H14Cl3NO3. The third-order valence-corrected chi connectivity index (χ3v) is 5.86. The Morgan fingerprint density at radius 2 is 1.92 bits per heavy atom. The van der Waals surface area contributed by atoms with Gasteiger partial charge in [0.05, 0.1) is 39.3 Å². The van der Waals surface area contributed by atoms with E-state index in [0.29, 0.717) is 39.3 Å². The summed E-state index contributed by atoms with van der Waals surface area (Å²) in [6.45, 7) is 0.364. The van der Waals surface area contributed by atoms with Crippen molar-refractivity contribution < 1.29 is 14.6 Å². The van der Waals surface area contributed by atoms with Crippen LogP contribution in [0.15, 0.2) is 36.4 Å². The van der Waals surface area contributed by atoms with Crippen LogP contribution >= 0.6 is 34.8 Å². The largest absolute Gasteiger partial charge is 0.481 e. The number of aromatic amines is 1. The average molecular weight is 411 g/mol. The summed E-state index contributed by atoms with van der Waals surface area (Å²) in [7, 11) is 0. The molecule has 26 heavy (non-hydrogen) atoms. The summed E-state index contributed by atoms with van der Waals surface area (Å²) >= 11 is 19.0. The molecule has 0 saturated heterocycles. The maximum absolute atomic E-state index is 11.7. The predicted molar refractivity (Wildman–Crippen MR) is 102 cm³/mol. The van der Waals surface area contributed by atoms with Gasteiger partial charge in [0.25, 0.3) is 0 Å². The molecule has 1 aliphatic heterocycles. The van der Waals surface area contributed by atoms with Gasteiger partial charge in [-0.2, -0.15) is 0 Å². The van der Waals surface area contributed by atoms with E-state index in [1.165, 1.54) is 0 Å². The molecule has 4 rings (SSSR count). The molecule has 1 aliphatic rings. The number of carboxylic acids is 1. The second-order valence-electron chi connectivity index (χ2n) is 6.24. The van der Waals surface area contributed by atoms with Gasteiger partial charge in [0, 0.05) is 5.39 Å². The van der Waals surface area contributed by atoms with Crippen molar-refractivity contribution in [1.29, 1.82) is 0 Å². The van der Waals surface area contributed by atoms with Crippen LogP contribution in [0.3, 0.4) is 0 Å². The number of carbonyl (C=O) groups is 1. The highest BCUT2D eigenvalue weighted by Crippen LogP contribution is 2.47. The number of aliphatic carboxylic acids is 1. The van der Waals surface area contributed by atoms with Crippen LogP contribution in [0.2, 0.25) is 15.1 Å². The molecule has 0 bridgehead atoms. The average Bonchev–Trinajstić information content (AvgIpc) is 3.02. The van der Waals surface area contributed by atoms with Gasteiger partial charge in [0.2, 0.25) is 0 Å². The van der Waals surface area contributed by atoms with E-state index in [0.717, 1.165) is 16.5 Å². The molecule has 0 saturated carbocycles. The monoisotopic (exact) mass is 409 g/mol. The van der Waals surface area contributed by atoms with Crippen molar-refractivity contribution >= 4 is 51.7 Å². The Bertz CT molecular complexity index is 1020. The Kier molecular flexibility index (Phi) is 4.40. The van der Waals surface area contributed by atoms with Crippen molar-refractivity contribution in [3.8, 4) is 0 Å². The van der Waals surface area contributed by atoms with Crippen LogP contribution < -0.4 is 0 Å². The molecule has 134 valence electrons. The van der Waals surface area contributed by atoms with Crippen LogP contribution in [-0.4, -0.2) is 22.7 Å². The maximum atomic E-state index is 11.7. The molecule has 1 aromatic heterocycles. The first-order valence-corrected chi connectivity index (χ1v) is 9.17. The second-order valence-corrected chi connectivity index (χ2v) is 7.44. The van der Waals surface area contributed by atoms with Crippen LogP contribution in [-0.2, 0) is 21.6 Å². The third-order valence-electron chi connectivity index (χ3n) is 4.77. The fraction of sp³-hybridized carbons (Fsp3) is 0.211. The Morgan fingerprint density at radius 1 is 1.19 bits per heavy atom. The summed E-state index contributed by atoms with van der Waals surface area (Å²) in [5.74, 6) is -0.962. The molecule has 1 unspecified atom stereocenters. The Balaban J connectivity index is 2.07. The molecule has 0 fully saturated rings. The number of hydrogen-bond acceptors (Lipinski definition) is 2. The first kappa shape index (κ1) is 17.7. The molecule has 4 nitrogen and oxygen atoms in total.